The van der Waals surface area contributed by atoms with Gasteiger partial charge in [-0.05, 0) is 58.3 Å². The second-order valence-corrected chi connectivity index (χ2v) is 7.42. The van der Waals surface area contributed by atoms with Crippen LogP contribution in [0.25, 0.3) is 11.6 Å². The molecule has 0 saturated heterocycles. The van der Waals surface area contributed by atoms with Crippen molar-refractivity contribution >= 4 is 39.0 Å². The Balaban J connectivity index is 2.06. The van der Waals surface area contributed by atoms with Gasteiger partial charge in [-0.15, -0.1) is 0 Å². The molecule has 0 aliphatic rings. The van der Waals surface area contributed by atoms with Crippen molar-refractivity contribution in [2.45, 2.75) is 6.92 Å². The summed E-state index contributed by atoms with van der Waals surface area (Å²) in [5.41, 5.74) is 0.832. The third-order valence-electron chi connectivity index (χ3n) is 4.41. The molecule has 3 aromatic carbocycles. The second kappa shape index (κ2) is 10.4. The maximum absolute atomic E-state index is 11.4. The first-order valence-corrected chi connectivity index (χ1v) is 10.4. The molecule has 0 radical (unpaired) electrons. The van der Waals surface area contributed by atoms with E-state index in [0.29, 0.717) is 15.6 Å². The van der Waals surface area contributed by atoms with E-state index in [0.717, 1.165) is 23.8 Å². The topological polar surface area (TPSA) is 129 Å². The van der Waals surface area contributed by atoms with Gasteiger partial charge in [-0.25, -0.2) is 0 Å². The minimum atomic E-state index is -0.757. The third-order valence-corrected chi connectivity index (χ3v) is 5.00. The van der Waals surface area contributed by atoms with Gasteiger partial charge in [0.25, 0.3) is 5.69 Å². The van der Waals surface area contributed by atoms with Crippen LogP contribution < -0.4 is 9.47 Å². The van der Waals surface area contributed by atoms with Gasteiger partial charge in [0.15, 0.2) is 11.5 Å². The molecule has 0 amide bonds. The van der Waals surface area contributed by atoms with E-state index in [1.807, 2.05) is 30.3 Å². The summed E-state index contributed by atoms with van der Waals surface area (Å²) in [6.45, 7) is 2.04. The summed E-state index contributed by atoms with van der Waals surface area (Å²) in [6.07, 6.45) is 1.68. The molecular formula is C23H16BrN3O6. The molecule has 0 aliphatic heterocycles. The Labute approximate surface area is 196 Å². The number of benzene rings is 3. The Morgan fingerprint density at radius 1 is 1.06 bits per heavy atom. The maximum Gasteiger partial charge on any atom is 0.318 e. The highest BCUT2D eigenvalue weighted by Gasteiger charge is 2.23. The molecular weight excluding hydrogens is 494 g/mol. The van der Waals surface area contributed by atoms with Crippen LogP contribution in [0.5, 0.6) is 17.2 Å². The molecule has 3 rings (SSSR count). The number of nitriles is 1. The van der Waals surface area contributed by atoms with Crippen LogP contribution in [0.2, 0.25) is 0 Å². The highest BCUT2D eigenvalue weighted by Crippen LogP contribution is 2.43. The van der Waals surface area contributed by atoms with Gasteiger partial charge in [0, 0.05) is 6.07 Å². The fourth-order valence-corrected chi connectivity index (χ4v) is 3.50. The molecule has 0 aromatic heterocycles. The molecule has 0 bridgehead atoms. The lowest BCUT2D eigenvalue weighted by molar-refractivity contribution is -0.394. The van der Waals surface area contributed by atoms with E-state index < -0.39 is 21.2 Å². The van der Waals surface area contributed by atoms with Crippen molar-refractivity contribution in [1.29, 1.82) is 5.26 Å². The summed E-state index contributed by atoms with van der Waals surface area (Å²) in [5, 5.41) is 32.0. The Morgan fingerprint density at radius 3 is 2.39 bits per heavy atom. The number of nitrogens with zero attached hydrogens (tertiary/aromatic N) is 3. The zero-order valence-electron chi connectivity index (χ0n) is 17.2. The van der Waals surface area contributed by atoms with Crippen molar-refractivity contribution in [3.8, 4) is 23.3 Å². The van der Waals surface area contributed by atoms with Gasteiger partial charge in [-0.3, -0.25) is 20.2 Å². The molecule has 0 unspecified atom stereocenters. The number of allylic oxidation sites excluding steroid dienone is 1. The summed E-state index contributed by atoms with van der Waals surface area (Å²) in [6, 6.07) is 17.7. The SMILES string of the molecule is CCOc1cc(/C=C(\C#N)c2ccccc2)cc(Br)c1Oc1ccc([N+](=O)[O-])cc1[N+](=O)[O-]. The maximum atomic E-state index is 11.4. The van der Waals surface area contributed by atoms with Crippen LogP contribution in [0.15, 0.2) is 65.1 Å². The predicted molar refractivity (Wildman–Crippen MR) is 125 cm³/mol. The van der Waals surface area contributed by atoms with Crippen LogP contribution in [-0.4, -0.2) is 16.5 Å². The van der Waals surface area contributed by atoms with Crippen molar-refractivity contribution < 1.29 is 19.3 Å². The Kier molecular flexibility index (Phi) is 7.38. The highest BCUT2D eigenvalue weighted by atomic mass is 79.9. The normalized spacial score (nSPS) is 10.9. The lowest BCUT2D eigenvalue weighted by Crippen LogP contribution is -1.99. The highest BCUT2D eigenvalue weighted by molar-refractivity contribution is 9.10. The van der Waals surface area contributed by atoms with E-state index in [4.69, 9.17) is 9.47 Å². The smallest absolute Gasteiger partial charge is 0.318 e. The largest absolute Gasteiger partial charge is 0.490 e. The number of nitro benzene ring substituents is 2. The average molecular weight is 510 g/mol. The van der Waals surface area contributed by atoms with Crippen LogP contribution in [0.4, 0.5) is 11.4 Å². The number of halogens is 1. The van der Waals surface area contributed by atoms with Crippen molar-refractivity contribution in [2.75, 3.05) is 6.61 Å². The zero-order chi connectivity index (χ0) is 24.0. The van der Waals surface area contributed by atoms with Crippen molar-refractivity contribution in [1.82, 2.24) is 0 Å². The van der Waals surface area contributed by atoms with Gasteiger partial charge >= 0.3 is 5.69 Å². The number of ether oxygens (including phenoxy) is 2. The molecule has 0 fully saturated rings. The minimum Gasteiger partial charge on any atom is -0.490 e. The standard InChI is InChI=1S/C23H16BrN3O6/c1-2-32-22-12-15(10-17(14-25)16-6-4-3-5-7-16)11-19(24)23(22)33-21-9-8-18(26(28)29)13-20(21)27(30)31/h3-13H,2H2,1H3/b17-10+. The Hall–Kier alpha value is -4.23. The molecule has 166 valence electrons. The van der Waals surface area contributed by atoms with E-state index >= 15 is 0 Å². The van der Waals surface area contributed by atoms with E-state index in [2.05, 4.69) is 22.0 Å². The predicted octanol–water partition coefficient (Wildman–Crippen LogP) is 6.52. The number of nitro groups is 2. The fraction of sp³-hybridized carbons (Fsp3) is 0.0870. The van der Waals surface area contributed by atoms with E-state index in [1.54, 1.807) is 25.1 Å². The number of hydrogen-bond donors (Lipinski definition) is 0. The molecule has 0 heterocycles. The van der Waals surface area contributed by atoms with Crippen LogP contribution in [-0.2, 0) is 0 Å². The number of non-ortho nitro benzene ring substituents is 1. The first-order chi connectivity index (χ1) is 15.8. The quantitative estimate of drug-likeness (QED) is 0.146. The van der Waals surface area contributed by atoms with Crippen LogP contribution in [0, 0.1) is 31.6 Å². The van der Waals surface area contributed by atoms with Gasteiger partial charge in [0.2, 0.25) is 5.75 Å². The van der Waals surface area contributed by atoms with Gasteiger partial charge in [0.05, 0.1) is 38.6 Å². The summed E-state index contributed by atoms with van der Waals surface area (Å²) < 4.78 is 11.9. The van der Waals surface area contributed by atoms with Gasteiger partial charge in [0.1, 0.15) is 0 Å². The monoisotopic (exact) mass is 509 g/mol. The van der Waals surface area contributed by atoms with Crippen LogP contribution in [0.1, 0.15) is 18.1 Å². The molecule has 0 spiro atoms. The lowest BCUT2D eigenvalue weighted by atomic mass is 10.0. The fourth-order valence-electron chi connectivity index (χ4n) is 2.96. The summed E-state index contributed by atoms with van der Waals surface area (Å²) >= 11 is 3.40. The summed E-state index contributed by atoms with van der Waals surface area (Å²) in [4.78, 5) is 20.9. The zero-order valence-corrected chi connectivity index (χ0v) is 18.8. The van der Waals surface area contributed by atoms with Gasteiger partial charge < -0.3 is 9.47 Å². The summed E-state index contributed by atoms with van der Waals surface area (Å²) in [5.74, 6) is 0.248. The molecule has 10 heteroatoms. The van der Waals surface area contributed by atoms with Crippen LogP contribution in [0.3, 0.4) is 0 Å². The van der Waals surface area contributed by atoms with Crippen molar-refractivity contribution in [2.24, 2.45) is 0 Å². The first-order valence-electron chi connectivity index (χ1n) is 9.58. The summed E-state index contributed by atoms with van der Waals surface area (Å²) in [7, 11) is 0. The van der Waals surface area contributed by atoms with Crippen molar-refractivity contribution in [3.63, 3.8) is 0 Å². The Morgan fingerprint density at radius 2 is 1.79 bits per heavy atom. The number of hydrogen-bond acceptors (Lipinski definition) is 7. The molecule has 0 aliphatic carbocycles. The van der Waals surface area contributed by atoms with Crippen molar-refractivity contribution in [3.05, 3.63) is 96.5 Å². The lowest BCUT2D eigenvalue weighted by Gasteiger charge is -2.14. The molecule has 3 aromatic rings. The molecule has 0 atom stereocenters. The molecule has 33 heavy (non-hydrogen) atoms. The average Bonchev–Trinajstić information content (AvgIpc) is 2.80. The minimum absolute atomic E-state index is 0.157. The van der Waals surface area contributed by atoms with E-state index in [-0.39, 0.29) is 23.9 Å². The van der Waals surface area contributed by atoms with E-state index in [9.17, 15) is 25.5 Å². The molecule has 0 saturated carbocycles. The van der Waals surface area contributed by atoms with E-state index in [1.165, 1.54) is 0 Å². The van der Waals surface area contributed by atoms with Crippen LogP contribution >= 0.6 is 15.9 Å². The third kappa shape index (κ3) is 5.53. The Bertz CT molecular complexity index is 1290. The van der Waals surface area contributed by atoms with Gasteiger partial charge in [-0.2, -0.15) is 5.26 Å². The second-order valence-electron chi connectivity index (χ2n) is 6.57. The first kappa shape index (κ1) is 23.4. The molecule has 9 nitrogen and oxygen atoms in total. The molecule has 0 N–H and O–H groups in total. The van der Waals surface area contributed by atoms with Gasteiger partial charge in [-0.1, -0.05) is 30.3 Å². The number of rotatable bonds is 8.